The van der Waals surface area contributed by atoms with Gasteiger partial charge in [-0.2, -0.15) is 5.10 Å². The van der Waals surface area contributed by atoms with E-state index in [-0.39, 0.29) is 50.2 Å². The van der Waals surface area contributed by atoms with Gasteiger partial charge >= 0.3 is 11.9 Å². The van der Waals surface area contributed by atoms with Gasteiger partial charge in [0.25, 0.3) is 0 Å². The molecule has 43 heavy (non-hydrogen) atoms. The Morgan fingerprint density at radius 3 is 2.40 bits per heavy atom. The minimum absolute atomic E-state index is 0.0689. The Labute approximate surface area is 252 Å². The smallest absolute Gasteiger partial charge is 0.306 e. The van der Waals surface area contributed by atoms with E-state index in [0.29, 0.717) is 38.5 Å². The number of carbonyl (C=O) groups is 4. The molecule has 10 heteroatoms. The van der Waals surface area contributed by atoms with E-state index in [4.69, 9.17) is 14.6 Å². The van der Waals surface area contributed by atoms with Gasteiger partial charge in [0.1, 0.15) is 6.10 Å². The van der Waals surface area contributed by atoms with Gasteiger partial charge in [0.05, 0.1) is 18.9 Å². The number of ether oxygens (including phenoxy) is 2. The summed E-state index contributed by atoms with van der Waals surface area (Å²) in [6.45, 7) is 0.464. The first-order chi connectivity index (χ1) is 20.9. The third-order valence-corrected chi connectivity index (χ3v) is 7.03. The van der Waals surface area contributed by atoms with Crippen LogP contribution in [0.4, 0.5) is 0 Å². The second-order valence-corrected chi connectivity index (χ2v) is 10.4. The highest BCUT2D eigenvalue weighted by Crippen LogP contribution is 2.29. The molecule has 2 amide bonds. The molecule has 0 unspecified atom stereocenters. The van der Waals surface area contributed by atoms with E-state index in [1.54, 1.807) is 18.2 Å². The van der Waals surface area contributed by atoms with Crippen LogP contribution in [0.25, 0.3) is 0 Å². The Kier molecular flexibility index (Phi) is 14.1. The number of esters is 1. The number of hydrogen-bond donors (Lipinski definition) is 2. The van der Waals surface area contributed by atoms with Crippen molar-refractivity contribution in [2.75, 3.05) is 13.7 Å². The Morgan fingerprint density at radius 2 is 1.70 bits per heavy atom. The number of nitrogens with one attached hydrogen (secondary N) is 1. The number of nitrogens with zero attached hydrogens (tertiary/aromatic N) is 2. The lowest BCUT2D eigenvalue weighted by molar-refractivity contribution is -0.159. The SMILES string of the molecule is COC[C@H]1[C@H](c2ccccc2)OC(=O)CC/C=C/CCC(=O)N1Cc1ccc(/C=N/NC(=O)CCCCCC(=O)O)cc1. The average Bonchev–Trinajstić information content (AvgIpc) is 3.00. The van der Waals surface area contributed by atoms with Crippen LogP contribution in [0.2, 0.25) is 0 Å². The first kappa shape index (κ1) is 33.2. The topological polar surface area (TPSA) is 135 Å². The van der Waals surface area contributed by atoms with Gasteiger partial charge in [-0.05, 0) is 42.4 Å². The monoisotopic (exact) mass is 591 g/mol. The fraction of sp³-hybridized carbons (Fsp3) is 0.424. The highest BCUT2D eigenvalue weighted by molar-refractivity contribution is 5.82. The molecule has 1 aliphatic rings. The molecule has 2 aromatic carbocycles. The maximum Gasteiger partial charge on any atom is 0.306 e. The van der Waals surface area contributed by atoms with E-state index in [9.17, 15) is 19.2 Å². The average molecular weight is 592 g/mol. The minimum Gasteiger partial charge on any atom is -0.481 e. The molecular formula is C33H41N3O7. The van der Waals surface area contributed by atoms with Crippen molar-refractivity contribution in [2.45, 2.75) is 76.5 Å². The van der Waals surface area contributed by atoms with Gasteiger partial charge in [-0.3, -0.25) is 19.2 Å². The Hall–Kier alpha value is -4.31. The molecule has 2 N–H and O–H groups in total. The summed E-state index contributed by atoms with van der Waals surface area (Å²) in [6.07, 6.45) is 8.57. The van der Waals surface area contributed by atoms with Gasteiger partial charge in [-0.25, -0.2) is 5.43 Å². The molecule has 2 aromatic rings. The van der Waals surface area contributed by atoms with E-state index < -0.39 is 18.1 Å². The van der Waals surface area contributed by atoms with Crippen molar-refractivity contribution >= 4 is 30.0 Å². The van der Waals surface area contributed by atoms with Gasteiger partial charge in [-0.1, -0.05) is 73.2 Å². The lowest BCUT2D eigenvalue weighted by Gasteiger charge is -2.37. The predicted octanol–water partition coefficient (Wildman–Crippen LogP) is 4.93. The normalized spacial score (nSPS) is 18.9. The van der Waals surface area contributed by atoms with Gasteiger partial charge in [0.2, 0.25) is 11.8 Å². The summed E-state index contributed by atoms with van der Waals surface area (Å²) < 4.78 is 11.6. The quantitative estimate of drug-likeness (QED) is 0.111. The van der Waals surface area contributed by atoms with Crippen LogP contribution in [0.3, 0.4) is 0 Å². The van der Waals surface area contributed by atoms with Crippen LogP contribution >= 0.6 is 0 Å². The van der Waals surface area contributed by atoms with Crippen LogP contribution in [-0.2, 0) is 35.2 Å². The molecule has 2 atom stereocenters. The number of amides is 2. The zero-order valence-corrected chi connectivity index (χ0v) is 24.7. The largest absolute Gasteiger partial charge is 0.481 e. The Balaban J connectivity index is 1.72. The van der Waals surface area contributed by atoms with Crippen LogP contribution < -0.4 is 5.43 Å². The number of rotatable bonds is 13. The van der Waals surface area contributed by atoms with Crippen molar-refractivity contribution in [1.29, 1.82) is 0 Å². The number of benzene rings is 2. The highest BCUT2D eigenvalue weighted by atomic mass is 16.5. The zero-order chi connectivity index (χ0) is 30.9. The first-order valence-electron chi connectivity index (χ1n) is 14.7. The van der Waals surface area contributed by atoms with Crippen molar-refractivity contribution in [1.82, 2.24) is 10.3 Å². The molecule has 0 saturated carbocycles. The third kappa shape index (κ3) is 11.8. The number of aliphatic carboxylic acids is 1. The van der Waals surface area contributed by atoms with Crippen LogP contribution in [0.5, 0.6) is 0 Å². The summed E-state index contributed by atoms with van der Waals surface area (Å²) in [5.74, 6) is -1.47. The molecule has 0 spiro atoms. The van der Waals surface area contributed by atoms with Crippen molar-refractivity contribution in [3.8, 4) is 0 Å². The van der Waals surface area contributed by atoms with E-state index in [1.807, 2.05) is 66.7 Å². The fourth-order valence-electron chi connectivity index (χ4n) is 4.78. The fourth-order valence-corrected chi connectivity index (χ4v) is 4.78. The van der Waals surface area contributed by atoms with Gasteiger partial charge in [-0.15, -0.1) is 0 Å². The summed E-state index contributed by atoms with van der Waals surface area (Å²) in [5, 5.41) is 12.7. The predicted molar refractivity (Wildman–Crippen MR) is 162 cm³/mol. The summed E-state index contributed by atoms with van der Waals surface area (Å²) >= 11 is 0. The number of hydrogen-bond acceptors (Lipinski definition) is 7. The number of cyclic esters (lactones) is 1. The summed E-state index contributed by atoms with van der Waals surface area (Å²) in [4.78, 5) is 50.7. The molecule has 1 heterocycles. The standard InChI is InChI=1S/C33H41N3O7/c1-42-24-28-33(27-12-6-4-7-13-27)43-32(41)17-11-3-2-9-15-30(38)36(28)23-26-20-18-25(19-21-26)22-34-35-29(37)14-8-5-10-16-31(39)40/h2-4,6-7,12-13,18-22,28,33H,5,8-11,14-17,23-24H2,1H3,(H,35,37)(H,39,40)/b3-2+,34-22+/t28-,33-/m0/s1. The first-order valence-corrected chi connectivity index (χ1v) is 14.7. The van der Waals surface area contributed by atoms with E-state index in [0.717, 1.165) is 16.7 Å². The van der Waals surface area contributed by atoms with Crippen molar-refractivity contribution < 1.29 is 33.8 Å². The summed E-state index contributed by atoms with van der Waals surface area (Å²) in [6, 6.07) is 16.4. The zero-order valence-electron chi connectivity index (χ0n) is 24.7. The molecule has 0 aliphatic carbocycles. The molecule has 0 saturated heterocycles. The molecule has 3 rings (SSSR count). The lowest BCUT2D eigenvalue weighted by Crippen LogP contribution is -2.47. The van der Waals surface area contributed by atoms with E-state index in [2.05, 4.69) is 10.5 Å². The molecule has 1 aliphatic heterocycles. The minimum atomic E-state index is -0.834. The van der Waals surface area contributed by atoms with Gasteiger partial charge in [0, 0.05) is 39.3 Å². The Bertz CT molecular complexity index is 1240. The number of allylic oxidation sites excluding steroid dienone is 2. The number of carbonyl (C=O) groups excluding carboxylic acids is 3. The van der Waals surface area contributed by atoms with Crippen LogP contribution in [0, 0.1) is 0 Å². The molecule has 0 bridgehead atoms. The van der Waals surface area contributed by atoms with Crippen LogP contribution in [0.15, 0.2) is 71.9 Å². The summed E-state index contributed by atoms with van der Waals surface area (Å²) in [5.41, 5.74) is 4.92. The number of methoxy groups -OCH3 is 1. The highest BCUT2D eigenvalue weighted by Gasteiger charge is 2.34. The molecular weight excluding hydrogens is 550 g/mol. The third-order valence-electron chi connectivity index (χ3n) is 7.03. The molecule has 10 nitrogen and oxygen atoms in total. The lowest BCUT2D eigenvalue weighted by atomic mass is 9.99. The summed E-state index contributed by atoms with van der Waals surface area (Å²) in [7, 11) is 1.57. The maximum atomic E-state index is 13.6. The number of carboxylic acids is 1. The van der Waals surface area contributed by atoms with Crippen LogP contribution in [0.1, 0.15) is 80.6 Å². The van der Waals surface area contributed by atoms with Crippen molar-refractivity contribution in [3.05, 3.63) is 83.4 Å². The van der Waals surface area contributed by atoms with Crippen molar-refractivity contribution in [2.24, 2.45) is 5.10 Å². The van der Waals surface area contributed by atoms with Gasteiger partial charge in [0.15, 0.2) is 0 Å². The van der Waals surface area contributed by atoms with Crippen molar-refractivity contribution in [3.63, 3.8) is 0 Å². The van der Waals surface area contributed by atoms with E-state index >= 15 is 0 Å². The molecule has 0 radical (unpaired) electrons. The Morgan fingerprint density at radius 1 is 1.00 bits per heavy atom. The second kappa shape index (κ2) is 18.3. The molecule has 230 valence electrons. The van der Waals surface area contributed by atoms with Crippen LogP contribution in [-0.4, -0.2) is 59.7 Å². The number of unbranched alkanes of at least 4 members (excludes halogenated alkanes) is 2. The van der Waals surface area contributed by atoms with E-state index in [1.165, 1.54) is 0 Å². The second-order valence-electron chi connectivity index (χ2n) is 10.4. The number of carboxylic acid groups (broad SMARTS) is 1. The molecule has 0 fully saturated rings. The van der Waals surface area contributed by atoms with Gasteiger partial charge < -0.3 is 19.5 Å². The number of hydrazone groups is 1. The maximum absolute atomic E-state index is 13.6. The molecule has 0 aromatic heterocycles.